The van der Waals surface area contributed by atoms with E-state index in [-0.39, 0.29) is 11.8 Å². The number of hydrogen-bond acceptors (Lipinski definition) is 3. The third-order valence-electron chi connectivity index (χ3n) is 4.39. The van der Waals surface area contributed by atoms with E-state index in [4.69, 9.17) is 0 Å². The van der Waals surface area contributed by atoms with Gasteiger partial charge in [0.25, 0.3) is 5.91 Å². The fourth-order valence-electron chi connectivity index (χ4n) is 3.19. The number of fused-ring (bicyclic) bond motifs is 1. The van der Waals surface area contributed by atoms with Crippen LogP contribution in [0.5, 0.6) is 0 Å². The minimum absolute atomic E-state index is 0.0455. The third-order valence-corrected chi connectivity index (χ3v) is 4.39. The lowest BCUT2D eigenvalue weighted by Crippen LogP contribution is -2.49. The Morgan fingerprint density at radius 1 is 1.20 bits per heavy atom. The molecule has 1 aliphatic heterocycles. The number of benzene rings is 1. The highest BCUT2D eigenvalue weighted by Crippen LogP contribution is 2.28. The first-order chi connectivity index (χ1) is 12.1. The van der Waals surface area contributed by atoms with Crippen LogP contribution in [-0.4, -0.2) is 29.4 Å². The molecule has 0 saturated heterocycles. The van der Waals surface area contributed by atoms with Crippen molar-refractivity contribution in [3.8, 4) is 0 Å². The molecular weight excluding hydrogens is 314 g/mol. The van der Waals surface area contributed by atoms with Crippen molar-refractivity contribution in [3.05, 3.63) is 59.9 Å². The highest BCUT2D eigenvalue weighted by molar-refractivity contribution is 6.03. The van der Waals surface area contributed by atoms with E-state index in [1.807, 2.05) is 24.3 Å². The molecule has 0 radical (unpaired) electrons. The average Bonchev–Trinajstić information content (AvgIpc) is 3.05. The molecule has 1 atom stereocenters. The lowest BCUT2D eigenvalue weighted by atomic mass is 10.0. The number of anilines is 1. The molecule has 0 fully saturated rings. The number of pyridine rings is 1. The molecule has 1 aromatic carbocycles. The maximum Gasteiger partial charge on any atom is 0.253 e. The lowest BCUT2D eigenvalue weighted by Gasteiger charge is -2.26. The van der Waals surface area contributed by atoms with E-state index in [1.165, 1.54) is 11.8 Å². The molecule has 2 aromatic rings. The molecule has 0 bridgehead atoms. The van der Waals surface area contributed by atoms with Gasteiger partial charge < -0.3 is 10.2 Å². The van der Waals surface area contributed by atoms with Gasteiger partial charge in [0.1, 0.15) is 6.04 Å². The van der Waals surface area contributed by atoms with E-state index in [2.05, 4.69) is 24.1 Å². The topological polar surface area (TPSA) is 62.3 Å². The Labute approximate surface area is 148 Å². The predicted molar refractivity (Wildman–Crippen MR) is 97.4 cm³/mol. The number of para-hydroxylation sites is 1. The molecule has 1 aromatic heterocycles. The van der Waals surface area contributed by atoms with Crippen molar-refractivity contribution >= 4 is 17.5 Å². The Bertz CT molecular complexity index is 759. The minimum atomic E-state index is -0.543. The van der Waals surface area contributed by atoms with E-state index < -0.39 is 6.04 Å². The Morgan fingerprint density at radius 2 is 2.00 bits per heavy atom. The number of carbonyl (C=O) groups excluding carboxylic acids is 2. The van der Waals surface area contributed by atoms with Gasteiger partial charge in [-0.25, -0.2) is 0 Å². The summed E-state index contributed by atoms with van der Waals surface area (Å²) in [6.45, 7) is 4.76. The first-order valence-electron chi connectivity index (χ1n) is 8.66. The summed E-state index contributed by atoms with van der Waals surface area (Å²) in [5.41, 5.74) is 2.60. The van der Waals surface area contributed by atoms with Gasteiger partial charge in [-0.05, 0) is 42.5 Å². The second-order valence-corrected chi connectivity index (χ2v) is 6.77. The fraction of sp³-hybridized carbons (Fsp3) is 0.350. The van der Waals surface area contributed by atoms with Gasteiger partial charge in [-0.3, -0.25) is 14.6 Å². The van der Waals surface area contributed by atoms with Crippen molar-refractivity contribution < 1.29 is 9.59 Å². The van der Waals surface area contributed by atoms with Crippen LogP contribution in [0.3, 0.4) is 0 Å². The van der Waals surface area contributed by atoms with Crippen LogP contribution in [0.1, 0.15) is 36.2 Å². The molecule has 25 heavy (non-hydrogen) atoms. The maximum absolute atomic E-state index is 13.1. The fourth-order valence-corrected chi connectivity index (χ4v) is 3.19. The second kappa shape index (κ2) is 7.47. The van der Waals surface area contributed by atoms with Crippen LogP contribution < -0.4 is 10.2 Å². The van der Waals surface area contributed by atoms with Gasteiger partial charge in [0.2, 0.25) is 5.91 Å². The summed E-state index contributed by atoms with van der Waals surface area (Å²) in [5, 5.41) is 2.90. The highest BCUT2D eigenvalue weighted by atomic mass is 16.2. The number of nitrogens with one attached hydrogen (secondary N) is 1. The van der Waals surface area contributed by atoms with E-state index in [1.54, 1.807) is 23.2 Å². The van der Waals surface area contributed by atoms with E-state index in [9.17, 15) is 9.59 Å². The molecular formula is C20H23N3O2. The first-order valence-corrected chi connectivity index (χ1v) is 8.66. The minimum Gasteiger partial charge on any atom is -0.340 e. The van der Waals surface area contributed by atoms with E-state index in [0.717, 1.165) is 12.1 Å². The number of amides is 2. The van der Waals surface area contributed by atoms with Crippen LogP contribution in [0.15, 0.2) is 48.8 Å². The van der Waals surface area contributed by atoms with Gasteiger partial charge in [-0.2, -0.15) is 0 Å². The maximum atomic E-state index is 13.1. The monoisotopic (exact) mass is 337 g/mol. The summed E-state index contributed by atoms with van der Waals surface area (Å²) < 4.78 is 0. The molecule has 0 unspecified atom stereocenters. The molecule has 5 heteroatoms. The van der Waals surface area contributed by atoms with E-state index >= 15 is 0 Å². The number of carbonyl (C=O) groups is 2. The number of nitrogens with zero attached hydrogens (tertiary/aromatic N) is 2. The van der Waals surface area contributed by atoms with Crippen LogP contribution in [0.4, 0.5) is 5.69 Å². The van der Waals surface area contributed by atoms with Crippen LogP contribution in [0, 0.1) is 5.92 Å². The first kappa shape index (κ1) is 17.1. The molecule has 1 N–H and O–H groups in total. The molecule has 2 amide bonds. The Kier molecular flexibility index (Phi) is 5.12. The van der Waals surface area contributed by atoms with Crippen LogP contribution >= 0.6 is 0 Å². The quantitative estimate of drug-likeness (QED) is 0.912. The molecule has 2 heterocycles. The molecule has 3 rings (SSSR count). The van der Waals surface area contributed by atoms with Gasteiger partial charge >= 0.3 is 0 Å². The van der Waals surface area contributed by atoms with Crippen LogP contribution in [0.25, 0.3) is 0 Å². The molecule has 130 valence electrons. The van der Waals surface area contributed by atoms with Gasteiger partial charge in [-0.1, -0.05) is 32.0 Å². The zero-order valence-corrected chi connectivity index (χ0v) is 14.6. The lowest BCUT2D eigenvalue weighted by molar-refractivity contribution is -0.120. The van der Waals surface area contributed by atoms with Gasteiger partial charge in [0, 0.05) is 24.6 Å². The molecule has 0 aliphatic carbocycles. The number of rotatable bonds is 5. The van der Waals surface area contributed by atoms with Crippen molar-refractivity contribution in [2.75, 3.05) is 11.4 Å². The Hall–Kier alpha value is -2.69. The zero-order chi connectivity index (χ0) is 17.8. The molecule has 0 spiro atoms. The number of aromatic nitrogens is 1. The van der Waals surface area contributed by atoms with Crippen molar-refractivity contribution in [3.63, 3.8) is 0 Å². The Balaban J connectivity index is 1.79. The normalized spacial score (nSPS) is 14.3. The van der Waals surface area contributed by atoms with Crippen molar-refractivity contribution in [1.82, 2.24) is 10.3 Å². The third kappa shape index (κ3) is 3.87. The van der Waals surface area contributed by atoms with E-state index in [0.29, 0.717) is 24.4 Å². The average molecular weight is 337 g/mol. The summed E-state index contributed by atoms with van der Waals surface area (Å²) in [6.07, 6.45) is 4.59. The van der Waals surface area contributed by atoms with Gasteiger partial charge in [0.05, 0.1) is 5.56 Å². The predicted octanol–water partition coefficient (Wildman–Crippen LogP) is 2.82. The smallest absolute Gasteiger partial charge is 0.253 e. The van der Waals surface area contributed by atoms with Crippen molar-refractivity contribution in [2.24, 2.45) is 5.92 Å². The van der Waals surface area contributed by atoms with Crippen LogP contribution in [0.2, 0.25) is 0 Å². The standard InChI is InChI=1S/C20H23N3O2/c1-14(2)12-17(22-19(24)16-7-5-10-21-13-16)20(25)23-11-9-15-6-3-4-8-18(15)23/h3-8,10,13-14,17H,9,11-12H2,1-2H3,(H,22,24)/t17-/m1/s1. The summed E-state index contributed by atoms with van der Waals surface area (Å²) in [4.78, 5) is 31.4. The molecule has 0 saturated carbocycles. The highest BCUT2D eigenvalue weighted by Gasteiger charge is 2.31. The summed E-state index contributed by atoms with van der Waals surface area (Å²) in [5.74, 6) is -0.0172. The summed E-state index contributed by atoms with van der Waals surface area (Å²) in [7, 11) is 0. The molecule has 5 nitrogen and oxygen atoms in total. The largest absolute Gasteiger partial charge is 0.340 e. The Morgan fingerprint density at radius 3 is 2.72 bits per heavy atom. The van der Waals surface area contributed by atoms with Crippen LogP contribution in [-0.2, 0) is 11.2 Å². The number of hydrogen-bond donors (Lipinski definition) is 1. The van der Waals surface area contributed by atoms with Gasteiger partial charge in [0.15, 0.2) is 0 Å². The second-order valence-electron chi connectivity index (χ2n) is 6.77. The van der Waals surface area contributed by atoms with Crippen molar-refractivity contribution in [2.45, 2.75) is 32.7 Å². The molecule has 1 aliphatic rings. The van der Waals surface area contributed by atoms with Crippen molar-refractivity contribution in [1.29, 1.82) is 0 Å². The summed E-state index contributed by atoms with van der Waals surface area (Å²) in [6, 6.07) is 10.8. The SMILES string of the molecule is CC(C)C[C@@H](NC(=O)c1cccnc1)C(=O)N1CCc2ccccc21. The van der Waals surface area contributed by atoms with Gasteiger partial charge in [-0.15, -0.1) is 0 Å². The zero-order valence-electron chi connectivity index (χ0n) is 14.6. The summed E-state index contributed by atoms with van der Waals surface area (Å²) >= 11 is 0.